The average molecular weight is 282 g/mol. The molecule has 2 unspecified atom stereocenters. The van der Waals surface area contributed by atoms with Crippen LogP contribution in [-0.2, 0) is 16.1 Å². The predicted molar refractivity (Wildman–Crippen MR) is 76.1 cm³/mol. The third kappa shape index (κ3) is 4.01. The van der Waals surface area contributed by atoms with Gasteiger partial charge in [-0.15, -0.1) is 11.3 Å². The maximum atomic E-state index is 11.8. The van der Waals surface area contributed by atoms with Gasteiger partial charge in [-0.05, 0) is 33.1 Å². The normalized spacial score (nSPS) is 23.3. The number of esters is 1. The second-order valence-corrected chi connectivity index (χ2v) is 5.99. The largest absolute Gasteiger partial charge is 0.466 e. The van der Waals surface area contributed by atoms with Crippen molar-refractivity contribution < 1.29 is 9.53 Å². The molecule has 0 aliphatic heterocycles. The van der Waals surface area contributed by atoms with E-state index in [2.05, 4.69) is 10.3 Å². The van der Waals surface area contributed by atoms with Crippen LogP contribution >= 0.6 is 11.3 Å². The number of aromatic nitrogens is 1. The van der Waals surface area contributed by atoms with E-state index in [9.17, 15) is 4.79 Å². The number of hydrogen-bond donors (Lipinski definition) is 1. The molecule has 0 saturated heterocycles. The lowest BCUT2D eigenvalue weighted by Gasteiger charge is -2.28. The lowest BCUT2D eigenvalue weighted by atomic mass is 9.85. The molecule has 1 aromatic rings. The van der Waals surface area contributed by atoms with Crippen LogP contribution in [0.2, 0.25) is 0 Å². The molecule has 106 valence electrons. The Morgan fingerprint density at radius 2 is 2.42 bits per heavy atom. The fraction of sp³-hybridized carbons (Fsp3) is 0.714. The van der Waals surface area contributed by atoms with Crippen molar-refractivity contribution in [2.45, 2.75) is 52.1 Å². The van der Waals surface area contributed by atoms with Crippen LogP contribution in [0.15, 0.2) is 5.51 Å². The summed E-state index contributed by atoms with van der Waals surface area (Å²) in [5, 5.41) is 3.55. The molecule has 1 saturated carbocycles. The Morgan fingerprint density at radius 1 is 1.58 bits per heavy atom. The zero-order valence-electron chi connectivity index (χ0n) is 11.6. The molecule has 0 radical (unpaired) electrons. The molecular weight excluding hydrogens is 260 g/mol. The van der Waals surface area contributed by atoms with Gasteiger partial charge in [-0.25, -0.2) is 4.98 Å². The standard InChI is InChI=1S/C14H22N2O2S/c1-3-18-14(17)11-5-4-6-12(7-11)15-8-13-10(2)16-9-19-13/h9,11-12,15H,3-8H2,1-2H3. The zero-order valence-corrected chi connectivity index (χ0v) is 12.5. The van der Waals surface area contributed by atoms with Crippen LogP contribution in [-0.4, -0.2) is 23.6 Å². The summed E-state index contributed by atoms with van der Waals surface area (Å²) >= 11 is 1.69. The van der Waals surface area contributed by atoms with Crippen LogP contribution in [0.3, 0.4) is 0 Å². The number of rotatable bonds is 5. The van der Waals surface area contributed by atoms with Crippen molar-refractivity contribution in [2.24, 2.45) is 5.92 Å². The first-order valence-corrected chi connectivity index (χ1v) is 7.87. The fourth-order valence-corrected chi connectivity index (χ4v) is 3.31. The van der Waals surface area contributed by atoms with Gasteiger partial charge in [0.05, 0.1) is 23.7 Å². The van der Waals surface area contributed by atoms with Crippen LogP contribution in [0.25, 0.3) is 0 Å². The number of hydrogen-bond acceptors (Lipinski definition) is 5. The molecule has 0 aromatic carbocycles. The average Bonchev–Trinajstić information content (AvgIpc) is 2.82. The quantitative estimate of drug-likeness (QED) is 0.844. The van der Waals surface area contributed by atoms with Gasteiger partial charge < -0.3 is 10.1 Å². The molecule has 0 spiro atoms. The first-order chi connectivity index (χ1) is 9.20. The SMILES string of the molecule is CCOC(=O)C1CCCC(NCc2scnc2C)C1. The molecule has 1 aromatic heterocycles. The molecule has 2 rings (SSSR count). The number of carbonyl (C=O) groups is 1. The van der Waals surface area contributed by atoms with Crippen molar-refractivity contribution in [1.82, 2.24) is 10.3 Å². The molecular formula is C14H22N2O2S. The Balaban J connectivity index is 1.81. The predicted octanol–water partition coefficient (Wildman–Crippen LogP) is 2.66. The van der Waals surface area contributed by atoms with Gasteiger partial charge in [-0.2, -0.15) is 0 Å². The Kier molecular flexibility index (Phi) is 5.34. The number of thiazole rings is 1. The second-order valence-electron chi connectivity index (χ2n) is 5.05. The number of nitrogens with zero attached hydrogens (tertiary/aromatic N) is 1. The molecule has 0 bridgehead atoms. The minimum Gasteiger partial charge on any atom is -0.466 e. The molecule has 2 atom stereocenters. The van der Waals surface area contributed by atoms with Crippen molar-refractivity contribution in [2.75, 3.05) is 6.61 Å². The summed E-state index contributed by atoms with van der Waals surface area (Å²) in [6.45, 7) is 5.24. The van der Waals surface area contributed by atoms with Crippen molar-refractivity contribution in [3.63, 3.8) is 0 Å². The number of carbonyl (C=O) groups excluding carboxylic acids is 1. The van der Waals surface area contributed by atoms with Crippen LogP contribution in [0.4, 0.5) is 0 Å². The zero-order chi connectivity index (χ0) is 13.7. The van der Waals surface area contributed by atoms with Crippen LogP contribution in [0.5, 0.6) is 0 Å². The Bertz CT molecular complexity index is 419. The first-order valence-electron chi connectivity index (χ1n) is 6.99. The number of nitrogens with one attached hydrogen (secondary N) is 1. The van der Waals surface area contributed by atoms with Crippen molar-refractivity contribution in [3.8, 4) is 0 Å². The minimum atomic E-state index is -0.0250. The monoisotopic (exact) mass is 282 g/mol. The minimum absolute atomic E-state index is 0.0250. The van der Waals surface area contributed by atoms with Crippen LogP contribution < -0.4 is 5.32 Å². The van der Waals surface area contributed by atoms with E-state index < -0.39 is 0 Å². The Hall–Kier alpha value is -0.940. The molecule has 1 fully saturated rings. The molecule has 19 heavy (non-hydrogen) atoms. The van der Waals surface area contributed by atoms with Crippen molar-refractivity contribution in [1.29, 1.82) is 0 Å². The Morgan fingerprint density at radius 3 is 3.11 bits per heavy atom. The van der Waals surface area contributed by atoms with Gasteiger partial charge in [-0.3, -0.25) is 4.79 Å². The highest BCUT2D eigenvalue weighted by molar-refractivity contribution is 7.09. The van der Waals surface area contributed by atoms with Crippen LogP contribution in [0, 0.1) is 12.8 Å². The van der Waals surface area contributed by atoms with E-state index in [0.717, 1.165) is 37.9 Å². The van der Waals surface area contributed by atoms with E-state index in [1.54, 1.807) is 11.3 Å². The van der Waals surface area contributed by atoms with E-state index in [1.807, 2.05) is 19.4 Å². The second kappa shape index (κ2) is 7.01. The van der Waals surface area contributed by atoms with Gasteiger partial charge >= 0.3 is 5.97 Å². The summed E-state index contributed by atoms with van der Waals surface area (Å²) in [6, 6.07) is 0.421. The van der Waals surface area contributed by atoms with Gasteiger partial charge in [-0.1, -0.05) is 6.42 Å². The van der Waals surface area contributed by atoms with E-state index in [-0.39, 0.29) is 11.9 Å². The summed E-state index contributed by atoms with van der Waals surface area (Å²) < 4.78 is 5.12. The smallest absolute Gasteiger partial charge is 0.308 e. The molecule has 4 nitrogen and oxygen atoms in total. The van der Waals surface area contributed by atoms with E-state index in [0.29, 0.717) is 12.6 Å². The van der Waals surface area contributed by atoms with Gasteiger partial charge in [0.15, 0.2) is 0 Å². The van der Waals surface area contributed by atoms with Gasteiger partial charge in [0.25, 0.3) is 0 Å². The van der Waals surface area contributed by atoms with Crippen LogP contribution in [0.1, 0.15) is 43.2 Å². The summed E-state index contributed by atoms with van der Waals surface area (Å²) in [5.74, 6) is 0.0525. The lowest BCUT2D eigenvalue weighted by molar-refractivity contribution is -0.149. The number of aryl methyl sites for hydroxylation is 1. The maximum absolute atomic E-state index is 11.8. The van der Waals surface area contributed by atoms with E-state index >= 15 is 0 Å². The molecule has 0 amide bonds. The molecule has 1 N–H and O–H groups in total. The highest BCUT2D eigenvalue weighted by atomic mass is 32.1. The fourth-order valence-electron chi connectivity index (χ4n) is 2.58. The molecule has 1 heterocycles. The molecule has 1 aliphatic rings. The summed E-state index contributed by atoms with van der Waals surface area (Å²) in [5.41, 5.74) is 2.99. The summed E-state index contributed by atoms with van der Waals surface area (Å²) in [7, 11) is 0. The van der Waals surface area contributed by atoms with E-state index in [4.69, 9.17) is 4.74 Å². The van der Waals surface area contributed by atoms with E-state index in [1.165, 1.54) is 4.88 Å². The summed E-state index contributed by atoms with van der Waals surface area (Å²) in [4.78, 5) is 17.3. The topological polar surface area (TPSA) is 51.2 Å². The van der Waals surface area contributed by atoms with Gasteiger partial charge in [0.2, 0.25) is 0 Å². The Labute approximate surface area is 118 Å². The highest BCUT2D eigenvalue weighted by Crippen LogP contribution is 2.26. The maximum Gasteiger partial charge on any atom is 0.308 e. The van der Waals surface area contributed by atoms with Gasteiger partial charge in [0, 0.05) is 17.5 Å². The third-order valence-corrected chi connectivity index (χ3v) is 4.63. The third-order valence-electron chi connectivity index (χ3n) is 3.69. The lowest BCUT2D eigenvalue weighted by Crippen LogP contribution is -2.36. The first kappa shape index (κ1) is 14.5. The van der Waals surface area contributed by atoms with Crippen molar-refractivity contribution in [3.05, 3.63) is 16.1 Å². The van der Waals surface area contributed by atoms with Crippen molar-refractivity contribution >= 4 is 17.3 Å². The summed E-state index contributed by atoms with van der Waals surface area (Å²) in [6.07, 6.45) is 4.11. The highest BCUT2D eigenvalue weighted by Gasteiger charge is 2.27. The number of ether oxygens (including phenoxy) is 1. The molecule has 5 heteroatoms. The molecule has 1 aliphatic carbocycles. The van der Waals surface area contributed by atoms with Gasteiger partial charge in [0.1, 0.15) is 0 Å².